The molecule has 1 heterocycles. The van der Waals surface area contributed by atoms with E-state index in [0.717, 1.165) is 0 Å². The highest BCUT2D eigenvalue weighted by molar-refractivity contribution is 7.12. The average molecular weight is 245 g/mol. The molecule has 90 valence electrons. The number of hydrogen-bond acceptors (Lipinski definition) is 2. The summed E-state index contributed by atoms with van der Waals surface area (Å²) in [7, 11) is 2.03. The van der Waals surface area contributed by atoms with E-state index in [0.29, 0.717) is 6.04 Å². The first kappa shape index (κ1) is 12.3. The molecule has 0 bridgehead atoms. The number of benzene rings is 1. The quantitative estimate of drug-likeness (QED) is 0.862. The Hall–Kier alpha value is -1.12. The zero-order valence-electron chi connectivity index (χ0n) is 10.9. The molecule has 2 rings (SSSR count). The van der Waals surface area contributed by atoms with Crippen LogP contribution in [0.15, 0.2) is 30.3 Å². The Morgan fingerprint density at radius 1 is 1.00 bits per heavy atom. The van der Waals surface area contributed by atoms with Crippen molar-refractivity contribution in [2.75, 3.05) is 7.05 Å². The van der Waals surface area contributed by atoms with Crippen LogP contribution in [0.1, 0.15) is 32.5 Å². The minimum absolute atomic E-state index is 0.315. The van der Waals surface area contributed by atoms with E-state index in [9.17, 15) is 0 Å². The Kier molecular flexibility index (Phi) is 3.65. The number of rotatable bonds is 3. The minimum atomic E-state index is 0.315. The van der Waals surface area contributed by atoms with Crippen molar-refractivity contribution in [2.45, 2.75) is 26.8 Å². The summed E-state index contributed by atoms with van der Waals surface area (Å²) in [6, 6.07) is 11.2. The van der Waals surface area contributed by atoms with Crippen molar-refractivity contribution < 1.29 is 0 Å². The van der Waals surface area contributed by atoms with E-state index >= 15 is 0 Å². The molecule has 0 aliphatic rings. The fourth-order valence-electron chi connectivity index (χ4n) is 2.32. The molecule has 0 aliphatic heterocycles. The van der Waals surface area contributed by atoms with Crippen LogP contribution in [0, 0.1) is 20.8 Å². The first-order chi connectivity index (χ1) is 8.13. The van der Waals surface area contributed by atoms with Gasteiger partial charge in [0.25, 0.3) is 0 Å². The number of nitrogens with one attached hydrogen (secondary N) is 1. The molecule has 2 heteroatoms. The SMILES string of the molecule is CNC(c1ccc(C)s1)c1c(C)cccc1C. The maximum Gasteiger partial charge on any atom is 0.0673 e. The first-order valence-electron chi connectivity index (χ1n) is 5.93. The van der Waals surface area contributed by atoms with Crippen LogP contribution in [0.4, 0.5) is 0 Å². The van der Waals surface area contributed by atoms with Crippen molar-refractivity contribution in [3.8, 4) is 0 Å². The third kappa shape index (κ3) is 2.43. The monoisotopic (exact) mass is 245 g/mol. The number of thiophene rings is 1. The Balaban J connectivity index is 2.49. The van der Waals surface area contributed by atoms with Crippen LogP contribution in [-0.4, -0.2) is 7.05 Å². The lowest BCUT2D eigenvalue weighted by Gasteiger charge is -2.20. The first-order valence-corrected chi connectivity index (χ1v) is 6.75. The molecule has 0 spiro atoms. The second kappa shape index (κ2) is 5.03. The summed E-state index contributed by atoms with van der Waals surface area (Å²) in [4.78, 5) is 2.76. The van der Waals surface area contributed by atoms with Gasteiger partial charge in [-0.1, -0.05) is 18.2 Å². The van der Waals surface area contributed by atoms with Crippen LogP contribution in [0.5, 0.6) is 0 Å². The van der Waals surface area contributed by atoms with Crippen molar-refractivity contribution in [1.29, 1.82) is 0 Å². The minimum Gasteiger partial charge on any atom is -0.309 e. The van der Waals surface area contributed by atoms with Crippen LogP contribution in [0.2, 0.25) is 0 Å². The average Bonchev–Trinajstić information content (AvgIpc) is 2.70. The Bertz CT molecular complexity index is 493. The van der Waals surface area contributed by atoms with Crippen molar-refractivity contribution in [3.63, 3.8) is 0 Å². The molecule has 1 atom stereocenters. The van der Waals surface area contributed by atoms with Gasteiger partial charge in [0, 0.05) is 9.75 Å². The molecular weight excluding hydrogens is 226 g/mol. The molecule has 1 aromatic heterocycles. The molecule has 1 aromatic carbocycles. The molecule has 0 amide bonds. The molecule has 17 heavy (non-hydrogen) atoms. The van der Waals surface area contributed by atoms with Crippen molar-refractivity contribution >= 4 is 11.3 Å². The second-order valence-corrected chi connectivity index (χ2v) is 5.80. The van der Waals surface area contributed by atoms with Crippen LogP contribution in [-0.2, 0) is 0 Å². The van der Waals surface area contributed by atoms with Crippen LogP contribution >= 0.6 is 11.3 Å². The standard InChI is InChI=1S/C15H19NS/c1-10-6-5-7-11(2)14(10)15(16-4)13-9-8-12(3)17-13/h5-9,15-16H,1-4H3. The van der Waals surface area contributed by atoms with Crippen molar-refractivity contribution in [2.24, 2.45) is 0 Å². The predicted octanol–water partition coefficient (Wildman–Crippen LogP) is 3.98. The highest BCUT2D eigenvalue weighted by Gasteiger charge is 2.17. The summed E-state index contributed by atoms with van der Waals surface area (Å²) in [5.74, 6) is 0. The Morgan fingerprint density at radius 2 is 1.65 bits per heavy atom. The highest BCUT2D eigenvalue weighted by atomic mass is 32.1. The van der Waals surface area contributed by atoms with Crippen LogP contribution in [0.25, 0.3) is 0 Å². The largest absolute Gasteiger partial charge is 0.309 e. The van der Waals surface area contributed by atoms with E-state index in [1.54, 1.807) is 0 Å². The summed E-state index contributed by atoms with van der Waals surface area (Å²) in [5, 5.41) is 3.44. The van der Waals surface area contributed by atoms with Crippen molar-refractivity contribution in [1.82, 2.24) is 5.32 Å². The molecule has 1 N–H and O–H groups in total. The van der Waals surface area contributed by atoms with Gasteiger partial charge in [-0.05, 0) is 56.6 Å². The summed E-state index contributed by atoms with van der Waals surface area (Å²) in [6.45, 7) is 6.53. The number of hydrogen-bond donors (Lipinski definition) is 1. The van der Waals surface area contributed by atoms with Gasteiger partial charge < -0.3 is 5.32 Å². The summed E-state index contributed by atoms with van der Waals surface area (Å²) in [6.07, 6.45) is 0. The third-order valence-corrected chi connectivity index (χ3v) is 4.23. The van der Waals surface area contributed by atoms with E-state index in [2.05, 4.69) is 56.4 Å². The van der Waals surface area contributed by atoms with E-state index in [1.165, 1.54) is 26.4 Å². The van der Waals surface area contributed by atoms with E-state index in [-0.39, 0.29) is 0 Å². The van der Waals surface area contributed by atoms with Gasteiger partial charge in [-0.25, -0.2) is 0 Å². The maximum atomic E-state index is 3.44. The summed E-state index contributed by atoms with van der Waals surface area (Å²) < 4.78 is 0. The van der Waals surface area contributed by atoms with Gasteiger partial charge in [0.05, 0.1) is 6.04 Å². The maximum absolute atomic E-state index is 3.44. The molecule has 0 saturated heterocycles. The Labute approximate surface area is 108 Å². The molecular formula is C15H19NS. The van der Waals surface area contributed by atoms with Gasteiger partial charge in [-0.3, -0.25) is 0 Å². The smallest absolute Gasteiger partial charge is 0.0673 e. The number of aryl methyl sites for hydroxylation is 3. The normalized spacial score (nSPS) is 12.7. The van der Waals surface area contributed by atoms with E-state index in [1.807, 2.05) is 18.4 Å². The van der Waals surface area contributed by atoms with E-state index in [4.69, 9.17) is 0 Å². The van der Waals surface area contributed by atoms with Crippen LogP contribution in [0.3, 0.4) is 0 Å². The highest BCUT2D eigenvalue weighted by Crippen LogP contribution is 2.31. The molecule has 0 aliphatic carbocycles. The van der Waals surface area contributed by atoms with Gasteiger partial charge in [0.2, 0.25) is 0 Å². The fourth-order valence-corrected chi connectivity index (χ4v) is 3.32. The van der Waals surface area contributed by atoms with Gasteiger partial charge in [-0.15, -0.1) is 11.3 Å². The second-order valence-electron chi connectivity index (χ2n) is 4.48. The van der Waals surface area contributed by atoms with Crippen LogP contribution < -0.4 is 5.32 Å². The van der Waals surface area contributed by atoms with Gasteiger partial charge >= 0.3 is 0 Å². The topological polar surface area (TPSA) is 12.0 Å². The lowest BCUT2D eigenvalue weighted by atomic mass is 9.95. The summed E-state index contributed by atoms with van der Waals surface area (Å²) >= 11 is 1.87. The fraction of sp³-hybridized carbons (Fsp3) is 0.333. The third-order valence-electron chi connectivity index (χ3n) is 3.17. The van der Waals surface area contributed by atoms with E-state index < -0.39 is 0 Å². The molecule has 0 radical (unpaired) electrons. The Morgan fingerprint density at radius 3 is 2.12 bits per heavy atom. The predicted molar refractivity (Wildman–Crippen MR) is 75.9 cm³/mol. The van der Waals surface area contributed by atoms with Crippen molar-refractivity contribution in [3.05, 3.63) is 56.8 Å². The van der Waals surface area contributed by atoms with Gasteiger partial charge in [0.15, 0.2) is 0 Å². The zero-order chi connectivity index (χ0) is 12.4. The summed E-state index contributed by atoms with van der Waals surface area (Å²) in [5.41, 5.74) is 4.13. The lowest BCUT2D eigenvalue weighted by Crippen LogP contribution is -2.18. The van der Waals surface area contributed by atoms with Gasteiger partial charge in [-0.2, -0.15) is 0 Å². The molecule has 1 nitrogen and oxygen atoms in total. The zero-order valence-corrected chi connectivity index (χ0v) is 11.7. The van der Waals surface area contributed by atoms with Gasteiger partial charge in [0.1, 0.15) is 0 Å². The molecule has 0 saturated carbocycles. The molecule has 2 aromatic rings. The lowest BCUT2D eigenvalue weighted by molar-refractivity contribution is 0.695. The molecule has 0 fully saturated rings. The molecule has 1 unspecified atom stereocenters.